The zero-order chi connectivity index (χ0) is 11.4. The van der Waals surface area contributed by atoms with Crippen molar-refractivity contribution in [2.45, 2.75) is 19.1 Å². The van der Waals surface area contributed by atoms with Crippen LogP contribution in [0.4, 0.5) is 4.79 Å². The Morgan fingerprint density at radius 2 is 2.19 bits per heavy atom. The van der Waals surface area contributed by atoms with Crippen LogP contribution in [0.2, 0.25) is 0 Å². The smallest absolute Gasteiger partial charge is 0.404 e. The van der Waals surface area contributed by atoms with Gasteiger partial charge in [0.25, 0.3) is 0 Å². The van der Waals surface area contributed by atoms with E-state index in [1.54, 1.807) is 0 Å². The van der Waals surface area contributed by atoms with Gasteiger partial charge in [-0.2, -0.15) is 0 Å². The molecular formula is C12H16N2O2. The van der Waals surface area contributed by atoms with Gasteiger partial charge in [-0.15, -0.1) is 0 Å². The molecule has 0 aliphatic carbocycles. The van der Waals surface area contributed by atoms with Gasteiger partial charge in [0.1, 0.15) is 6.10 Å². The maximum Gasteiger partial charge on any atom is 0.404 e. The maximum atomic E-state index is 10.6. The lowest BCUT2D eigenvalue weighted by Gasteiger charge is -2.15. The summed E-state index contributed by atoms with van der Waals surface area (Å²) in [5.41, 5.74) is 6.27. The first-order valence-corrected chi connectivity index (χ1v) is 5.46. The lowest BCUT2D eigenvalue weighted by Crippen LogP contribution is -2.26. The zero-order valence-electron chi connectivity index (χ0n) is 9.13. The molecule has 1 fully saturated rings. The van der Waals surface area contributed by atoms with Gasteiger partial charge in [0, 0.05) is 19.6 Å². The van der Waals surface area contributed by atoms with Crippen LogP contribution in [0, 0.1) is 0 Å². The van der Waals surface area contributed by atoms with Crippen LogP contribution in [0.3, 0.4) is 0 Å². The van der Waals surface area contributed by atoms with E-state index in [2.05, 4.69) is 17.0 Å². The standard InChI is InChI=1S/C12H16N2O2/c13-12(15)16-11-6-7-14(9-11)8-10-4-2-1-3-5-10/h1-5,11H,6-9H2,(H2,13,15)/t11-/m1/s1. The van der Waals surface area contributed by atoms with Crippen LogP contribution in [0.5, 0.6) is 0 Å². The fourth-order valence-electron chi connectivity index (χ4n) is 2.04. The van der Waals surface area contributed by atoms with E-state index in [1.165, 1.54) is 5.56 Å². The molecule has 0 radical (unpaired) electrons. The van der Waals surface area contributed by atoms with Crippen molar-refractivity contribution >= 4 is 6.09 Å². The molecule has 4 heteroatoms. The summed E-state index contributed by atoms with van der Waals surface area (Å²) < 4.78 is 4.98. The molecule has 1 saturated heterocycles. The van der Waals surface area contributed by atoms with Crippen molar-refractivity contribution in [2.24, 2.45) is 5.73 Å². The molecule has 2 N–H and O–H groups in total. The minimum Gasteiger partial charge on any atom is -0.445 e. The number of nitrogens with zero attached hydrogens (tertiary/aromatic N) is 1. The van der Waals surface area contributed by atoms with Gasteiger partial charge in [-0.3, -0.25) is 4.90 Å². The molecule has 1 amide bonds. The van der Waals surface area contributed by atoms with Gasteiger partial charge in [-0.1, -0.05) is 30.3 Å². The number of carbonyl (C=O) groups is 1. The predicted octanol–water partition coefficient (Wildman–Crippen LogP) is 1.36. The van der Waals surface area contributed by atoms with Gasteiger partial charge in [0.15, 0.2) is 0 Å². The van der Waals surface area contributed by atoms with Gasteiger partial charge >= 0.3 is 6.09 Å². The molecule has 1 aliphatic rings. The Balaban J connectivity index is 1.83. The molecule has 86 valence electrons. The number of rotatable bonds is 3. The first-order chi connectivity index (χ1) is 7.74. The van der Waals surface area contributed by atoms with E-state index in [0.29, 0.717) is 0 Å². The predicted molar refractivity (Wildman–Crippen MR) is 60.8 cm³/mol. The van der Waals surface area contributed by atoms with Gasteiger partial charge in [0.2, 0.25) is 0 Å². The number of benzene rings is 1. The third-order valence-corrected chi connectivity index (χ3v) is 2.76. The van der Waals surface area contributed by atoms with Crippen LogP contribution in [0.15, 0.2) is 30.3 Å². The SMILES string of the molecule is NC(=O)O[C@@H]1CCN(Cc2ccccc2)C1. The highest BCUT2D eigenvalue weighted by Gasteiger charge is 2.24. The number of hydrogen-bond acceptors (Lipinski definition) is 3. The van der Waals surface area contributed by atoms with E-state index >= 15 is 0 Å². The lowest BCUT2D eigenvalue weighted by atomic mass is 10.2. The summed E-state index contributed by atoms with van der Waals surface area (Å²) in [6.45, 7) is 2.63. The van der Waals surface area contributed by atoms with E-state index < -0.39 is 6.09 Å². The third kappa shape index (κ3) is 2.97. The van der Waals surface area contributed by atoms with E-state index in [1.807, 2.05) is 18.2 Å². The summed E-state index contributed by atoms with van der Waals surface area (Å²) in [6, 6.07) is 10.3. The van der Waals surface area contributed by atoms with Crippen molar-refractivity contribution in [2.75, 3.05) is 13.1 Å². The van der Waals surface area contributed by atoms with Crippen molar-refractivity contribution < 1.29 is 9.53 Å². The van der Waals surface area contributed by atoms with Crippen molar-refractivity contribution in [1.29, 1.82) is 0 Å². The lowest BCUT2D eigenvalue weighted by molar-refractivity contribution is 0.109. The number of hydrogen-bond donors (Lipinski definition) is 1. The minimum atomic E-state index is -0.674. The minimum absolute atomic E-state index is 0.0405. The first-order valence-electron chi connectivity index (χ1n) is 5.46. The fourth-order valence-corrected chi connectivity index (χ4v) is 2.04. The fraction of sp³-hybridized carbons (Fsp3) is 0.417. The molecule has 2 rings (SSSR count). The molecule has 4 nitrogen and oxygen atoms in total. The summed E-state index contributed by atoms with van der Waals surface area (Å²) >= 11 is 0. The van der Waals surface area contributed by atoms with Crippen molar-refractivity contribution in [3.63, 3.8) is 0 Å². The molecule has 0 spiro atoms. The maximum absolute atomic E-state index is 10.6. The molecule has 0 unspecified atom stereocenters. The third-order valence-electron chi connectivity index (χ3n) is 2.76. The highest BCUT2D eigenvalue weighted by atomic mass is 16.6. The van der Waals surface area contributed by atoms with Crippen LogP contribution < -0.4 is 5.73 Å². The Kier molecular flexibility index (Phi) is 3.41. The monoisotopic (exact) mass is 220 g/mol. The second-order valence-electron chi connectivity index (χ2n) is 4.07. The molecule has 16 heavy (non-hydrogen) atoms. The van der Waals surface area contributed by atoms with E-state index in [9.17, 15) is 4.79 Å². The average Bonchev–Trinajstić information content (AvgIpc) is 2.66. The van der Waals surface area contributed by atoms with Gasteiger partial charge in [0.05, 0.1) is 0 Å². The van der Waals surface area contributed by atoms with E-state index in [-0.39, 0.29) is 6.10 Å². The van der Waals surface area contributed by atoms with Crippen molar-refractivity contribution in [3.8, 4) is 0 Å². The van der Waals surface area contributed by atoms with E-state index in [0.717, 1.165) is 26.1 Å². The Bertz CT molecular complexity index is 353. The van der Waals surface area contributed by atoms with Crippen LogP contribution in [-0.4, -0.2) is 30.2 Å². The quantitative estimate of drug-likeness (QED) is 0.836. The van der Waals surface area contributed by atoms with Gasteiger partial charge in [-0.05, 0) is 12.0 Å². The highest BCUT2D eigenvalue weighted by Crippen LogP contribution is 2.15. The number of amides is 1. The number of ether oxygens (including phenoxy) is 1. The van der Waals surface area contributed by atoms with Gasteiger partial charge in [-0.25, -0.2) is 4.79 Å². The summed E-state index contributed by atoms with van der Waals surface area (Å²) in [5.74, 6) is 0. The summed E-state index contributed by atoms with van der Waals surface area (Å²) in [4.78, 5) is 12.9. The number of nitrogens with two attached hydrogens (primary N) is 1. The van der Waals surface area contributed by atoms with Crippen LogP contribution in [0.1, 0.15) is 12.0 Å². The molecule has 0 saturated carbocycles. The van der Waals surface area contributed by atoms with Gasteiger partial charge < -0.3 is 10.5 Å². The normalized spacial score (nSPS) is 20.9. The molecular weight excluding hydrogens is 204 g/mol. The Labute approximate surface area is 95.0 Å². The zero-order valence-corrected chi connectivity index (χ0v) is 9.13. The molecule has 1 aromatic carbocycles. The van der Waals surface area contributed by atoms with Crippen molar-refractivity contribution in [1.82, 2.24) is 4.90 Å². The molecule has 0 bridgehead atoms. The topological polar surface area (TPSA) is 55.6 Å². The number of carbonyl (C=O) groups excluding carboxylic acids is 1. The van der Waals surface area contributed by atoms with Crippen LogP contribution >= 0.6 is 0 Å². The Morgan fingerprint density at radius 3 is 2.88 bits per heavy atom. The van der Waals surface area contributed by atoms with Crippen LogP contribution in [-0.2, 0) is 11.3 Å². The molecule has 1 aromatic rings. The summed E-state index contributed by atoms with van der Waals surface area (Å²) in [6.07, 6.45) is 0.156. The molecule has 1 atom stereocenters. The van der Waals surface area contributed by atoms with Crippen LogP contribution in [0.25, 0.3) is 0 Å². The second-order valence-corrected chi connectivity index (χ2v) is 4.07. The summed E-state index contributed by atoms with van der Waals surface area (Å²) in [7, 11) is 0. The second kappa shape index (κ2) is 4.99. The number of primary amides is 1. The summed E-state index contributed by atoms with van der Waals surface area (Å²) in [5, 5.41) is 0. The molecule has 0 aromatic heterocycles. The molecule has 1 aliphatic heterocycles. The average molecular weight is 220 g/mol. The first kappa shape index (κ1) is 11.0. The largest absolute Gasteiger partial charge is 0.445 e. The Hall–Kier alpha value is -1.55. The van der Waals surface area contributed by atoms with E-state index in [4.69, 9.17) is 10.5 Å². The molecule has 1 heterocycles. The van der Waals surface area contributed by atoms with Crippen molar-refractivity contribution in [3.05, 3.63) is 35.9 Å². The highest BCUT2D eigenvalue weighted by molar-refractivity contribution is 5.64. The Morgan fingerprint density at radius 1 is 1.44 bits per heavy atom. The number of likely N-dealkylation sites (tertiary alicyclic amines) is 1.